The zero-order valence-electron chi connectivity index (χ0n) is 17.4. The Morgan fingerprint density at radius 2 is 1.77 bits per heavy atom. The fourth-order valence-electron chi connectivity index (χ4n) is 4.25. The van der Waals surface area contributed by atoms with Crippen molar-refractivity contribution in [3.8, 4) is 5.75 Å². The van der Waals surface area contributed by atoms with Crippen LogP contribution in [0.2, 0.25) is 5.02 Å². The molecule has 2 fully saturated rings. The molecule has 2 aliphatic heterocycles. The number of ether oxygens (including phenoxy) is 1. The van der Waals surface area contributed by atoms with Crippen molar-refractivity contribution in [2.45, 2.75) is 25.7 Å². The van der Waals surface area contributed by atoms with E-state index in [1.54, 1.807) is 11.0 Å². The highest BCUT2D eigenvalue weighted by Crippen LogP contribution is 2.24. The molecule has 0 N–H and O–H groups in total. The van der Waals surface area contributed by atoms with Gasteiger partial charge in [-0.15, -0.1) is 0 Å². The van der Waals surface area contributed by atoms with Crippen LogP contribution in [0.1, 0.15) is 46.4 Å². The van der Waals surface area contributed by atoms with E-state index >= 15 is 0 Å². The monoisotopic (exact) mass is 444 g/mol. The SMILES string of the molecule is O=C(c1cccc(OC[C@@H]2CCCN(C(=O)c3cc(F)ccc3Cl)C2)c1)N1CCCC1. The van der Waals surface area contributed by atoms with Gasteiger partial charge < -0.3 is 14.5 Å². The van der Waals surface area contributed by atoms with Crippen molar-refractivity contribution >= 4 is 23.4 Å². The molecule has 2 saturated heterocycles. The molecule has 5 nitrogen and oxygen atoms in total. The molecule has 0 unspecified atom stereocenters. The number of hydrogen-bond donors (Lipinski definition) is 0. The highest BCUT2D eigenvalue weighted by Gasteiger charge is 2.26. The molecule has 164 valence electrons. The van der Waals surface area contributed by atoms with E-state index in [2.05, 4.69) is 0 Å². The Bertz CT molecular complexity index is 962. The second kappa shape index (κ2) is 9.69. The predicted octanol–water partition coefficient (Wildman–Crippen LogP) is 4.65. The van der Waals surface area contributed by atoms with Gasteiger partial charge in [-0.1, -0.05) is 17.7 Å². The summed E-state index contributed by atoms with van der Waals surface area (Å²) < 4.78 is 19.6. The third-order valence-electron chi connectivity index (χ3n) is 5.92. The average molecular weight is 445 g/mol. The summed E-state index contributed by atoms with van der Waals surface area (Å²) in [6.07, 6.45) is 3.90. The predicted molar refractivity (Wildman–Crippen MR) is 117 cm³/mol. The van der Waals surface area contributed by atoms with E-state index in [0.29, 0.717) is 31.0 Å². The van der Waals surface area contributed by atoms with Gasteiger partial charge in [-0.05, 0) is 62.1 Å². The molecule has 0 aromatic heterocycles. The molecule has 0 aliphatic carbocycles. The van der Waals surface area contributed by atoms with Crippen molar-refractivity contribution in [2.24, 2.45) is 5.92 Å². The maximum atomic E-state index is 13.6. The smallest absolute Gasteiger partial charge is 0.255 e. The number of piperidine rings is 1. The Labute approximate surface area is 186 Å². The van der Waals surface area contributed by atoms with Crippen molar-refractivity contribution in [1.29, 1.82) is 0 Å². The molecule has 4 rings (SSSR count). The van der Waals surface area contributed by atoms with Crippen LogP contribution in [0.15, 0.2) is 42.5 Å². The van der Waals surface area contributed by atoms with Gasteiger partial charge in [0.15, 0.2) is 0 Å². The van der Waals surface area contributed by atoms with Gasteiger partial charge in [-0.25, -0.2) is 4.39 Å². The third-order valence-corrected chi connectivity index (χ3v) is 6.25. The van der Waals surface area contributed by atoms with Crippen molar-refractivity contribution in [3.63, 3.8) is 0 Å². The van der Waals surface area contributed by atoms with E-state index in [9.17, 15) is 14.0 Å². The quantitative estimate of drug-likeness (QED) is 0.674. The Hall–Kier alpha value is -2.60. The fourth-order valence-corrected chi connectivity index (χ4v) is 4.45. The van der Waals surface area contributed by atoms with Gasteiger partial charge in [-0.3, -0.25) is 9.59 Å². The van der Waals surface area contributed by atoms with Gasteiger partial charge in [0, 0.05) is 37.7 Å². The molecule has 2 amide bonds. The first kappa shape index (κ1) is 21.6. The summed E-state index contributed by atoms with van der Waals surface area (Å²) in [7, 11) is 0. The minimum atomic E-state index is -0.479. The largest absolute Gasteiger partial charge is 0.493 e. The number of hydrogen-bond acceptors (Lipinski definition) is 3. The number of likely N-dealkylation sites (tertiary alicyclic amines) is 2. The van der Waals surface area contributed by atoms with E-state index in [-0.39, 0.29) is 28.3 Å². The van der Waals surface area contributed by atoms with Gasteiger partial charge in [0.2, 0.25) is 0 Å². The second-order valence-electron chi connectivity index (χ2n) is 8.22. The zero-order valence-corrected chi connectivity index (χ0v) is 18.1. The lowest BCUT2D eigenvalue weighted by Crippen LogP contribution is -2.41. The summed E-state index contributed by atoms with van der Waals surface area (Å²) in [5.74, 6) is 0.120. The molecule has 1 atom stereocenters. The van der Waals surface area contributed by atoms with Crippen LogP contribution in [0.5, 0.6) is 5.75 Å². The van der Waals surface area contributed by atoms with Gasteiger partial charge in [0.1, 0.15) is 11.6 Å². The standard InChI is InChI=1S/C24H26ClFN2O3/c25-22-9-8-19(26)14-21(22)24(30)28-12-4-5-17(15-28)16-31-20-7-3-6-18(13-20)23(29)27-10-1-2-11-27/h3,6-9,13-14,17H,1-2,4-5,10-12,15-16H2/t17-/m1/s1. The summed E-state index contributed by atoms with van der Waals surface area (Å²) in [5, 5.41) is 0.254. The summed E-state index contributed by atoms with van der Waals surface area (Å²) >= 11 is 6.11. The summed E-state index contributed by atoms with van der Waals surface area (Å²) in [6, 6.07) is 11.1. The topological polar surface area (TPSA) is 49.9 Å². The number of carbonyl (C=O) groups is 2. The lowest BCUT2D eigenvalue weighted by Gasteiger charge is -2.33. The molecule has 2 heterocycles. The Balaban J connectivity index is 1.36. The minimum absolute atomic E-state index is 0.0457. The van der Waals surface area contributed by atoms with E-state index in [1.807, 2.05) is 23.1 Å². The molecule has 0 saturated carbocycles. The van der Waals surface area contributed by atoms with Crippen molar-refractivity contribution < 1.29 is 18.7 Å². The molecular formula is C24H26ClFN2O3. The number of benzene rings is 2. The van der Waals surface area contributed by atoms with Crippen LogP contribution in [0.3, 0.4) is 0 Å². The van der Waals surface area contributed by atoms with E-state index in [1.165, 1.54) is 18.2 Å². The molecule has 0 spiro atoms. The van der Waals surface area contributed by atoms with Crippen molar-refractivity contribution in [1.82, 2.24) is 9.80 Å². The number of rotatable bonds is 5. The van der Waals surface area contributed by atoms with E-state index < -0.39 is 5.82 Å². The second-order valence-corrected chi connectivity index (χ2v) is 8.63. The molecule has 2 aromatic rings. The maximum Gasteiger partial charge on any atom is 0.255 e. The van der Waals surface area contributed by atoms with Crippen LogP contribution >= 0.6 is 11.6 Å². The van der Waals surface area contributed by atoms with Gasteiger partial charge in [0.05, 0.1) is 17.2 Å². The molecule has 0 bridgehead atoms. The zero-order chi connectivity index (χ0) is 21.8. The Morgan fingerprint density at radius 1 is 1.00 bits per heavy atom. The van der Waals surface area contributed by atoms with Crippen LogP contribution in [-0.2, 0) is 0 Å². The van der Waals surface area contributed by atoms with Gasteiger partial charge >= 0.3 is 0 Å². The maximum absolute atomic E-state index is 13.6. The molecule has 0 radical (unpaired) electrons. The highest BCUT2D eigenvalue weighted by atomic mass is 35.5. The molecule has 31 heavy (non-hydrogen) atoms. The van der Waals surface area contributed by atoms with Crippen molar-refractivity contribution in [3.05, 3.63) is 64.4 Å². The first-order valence-corrected chi connectivity index (χ1v) is 11.2. The van der Waals surface area contributed by atoms with Gasteiger partial charge in [-0.2, -0.15) is 0 Å². The normalized spacial score (nSPS) is 18.8. The van der Waals surface area contributed by atoms with Crippen LogP contribution in [0.4, 0.5) is 4.39 Å². The highest BCUT2D eigenvalue weighted by molar-refractivity contribution is 6.33. The summed E-state index contributed by atoms with van der Waals surface area (Å²) in [4.78, 5) is 29.0. The summed E-state index contributed by atoms with van der Waals surface area (Å²) in [5.41, 5.74) is 0.831. The van der Waals surface area contributed by atoms with Crippen LogP contribution in [0.25, 0.3) is 0 Å². The Morgan fingerprint density at radius 3 is 2.58 bits per heavy atom. The van der Waals surface area contributed by atoms with E-state index in [0.717, 1.165) is 38.8 Å². The minimum Gasteiger partial charge on any atom is -0.493 e. The number of nitrogens with zero attached hydrogens (tertiary/aromatic N) is 2. The average Bonchev–Trinajstić information content (AvgIpc) is 3.34. The molecular weight excluding hydrogens is 419 g/mol. The first-order valence-electron chi connectivity index (χ1n) is 10.8. The fraction of sp³-hybridized carbons (Fsp3) is 0.417. The molecule has 2 aliphatic rings. The van der Waals surface area contributed by atoms with Crippen LogP contribution < -0.4 is 4.74 Å². The summed E-state index contributed by atoms with van der Waals surface area (Å²) in [6.45, 7) is 3.21. The van der Waals surface area contributed by atoms with E-state index in [4.69, 9.17) is 16.3 Å². The van der Waals surface area contributed by atoms with Crippen molar-refractivity contribution in [2.75, 3.05) is 32.8 Å². The number of amides is 2. The molecule has 2 aromatic carbocycles. The lowest BCUT2D eigenvalue weighted by atomic mass is 9.98. The lowest BCUT2D eigenvalue weighted by molar-refractivity contribution is 0.0632. The number of halogens is 2. The van der Waals surface area contributed by atoms with Crippen LogP contribution in [0, 0.1) is 11.7 Å². The van der Waals surface area contributed by atoms with Crippen LogP contribution in [-0.4, -0.2) is 54.4 Å². The Kier molecular flexibility index (Phi) is 6.76. The first-order chi connectivity index (χ1) is 15.0. The third kappa shape index (κ3) is 5.18. The molecule has 7 heteroatoms. The number of carbonyl (C=O) groups excluding carboxylic acids is 2. The van der Waals surface area contributed by atoms with Gasteiger partial charge in [0.25, 0.3) is 11.8 Å².